The quantitative estimate of drug-likeness (QED) is 0.460. The van der Waals surface area contributed by atoms with E-state index in [-0.39, 0.29) is 0 Å². The van der Waals surface area contributed by atoms with E-state index >= 15 is 0 Å². The number of nitrogens with zero attached hydrogens (tertiary/aromatic N) is 1. The minimum Gasteiger partial charge on any atom is -0.496 e. The molecule has 2 heteroatoms. The molecule has 0 saturated carbocycles. The molecule has 2 aromatic carbocycles. The van der Waals surface area contributed by atoms with Crippen LogP contribution in [0.4, 0.5) is 0 Å². The van der Waals surface area contributed by atoms with Crippen LogP contribution in [0.2, 0.25) is 0 Å². The number of hydrogen-bond acceptors (Lipinski definition) is 2. The summed E-state index contributed by atoms with van der Waals surface area (Å²) in [5, 5.41) is 8.99. The second-order valence-corrected chi connectivity index (χ2v) is 9.78. The smallest absolute Gasteiger partial charge is 0.125 e. The van der Waals surface area contributed by atoms with Crippen LogP contribution >= 0.6 is 0 Å². The molecule has 0 amide bonds. The standard InChI is InChI=1S/C28H37NO/c1-18(2)14-22-10-12-25-26(16-20(5)28(30-6)27(22)25)24-11-9-21(8-7-13-29)17-23(24)15-19(3)4/h9,11,16-19,22H,7-8,10,12,14-15H2,1-6H3. The van der Waals surface area contributed by atoms with E-state index in [2.05, 4.69) is 65.0 Å². The minimum atomic E-state index is 0.578. The summed E-state index contributed by atoms with van der Waals surface area (Å²) in [7, 11) is 1.82. The van der Waals surface area contributed by atoms with E-state index in [1.807, 2.05) is 7.11 Å². The van der Waals surface area contributed by atoms with E-state index in [9.17, 15) is 0 Å². The number of ether oxygens (including phenoxy) is 1. The van der Waals surface area contributed by atoms with Crippen LogP contribution in [0.3, 0.4) is 0 Å². The molecular weight excluding hydrogens is 366 g/mol. The number of methoxy groups -OCH3 is 1. The molecular formula is C28H37NO. The molecule has 3 rings (SSSR count). The predicted molar refractivity (Wildman–Crippen MR) is 126 cm³/mol. The van der Waals surface area contributed by atoms with Crippen LogP contribution < -0.4 is 4.74 Å². The predicted octanol–water partition coefficient (Wildman–Crippen LogP) is 7.40. The highest BCUT2D eigenvalue weighted by Gasteiger charge is 2.31. The Labute approximate surface area is 183 Å². The van der Waals surface area contributed by atoms with Crippen LogP contribution in [0, 0.1) is 30.1 Å². The van der Waals surface area contributed by atoms with Gasteiger partial charge in [0.1, 0.15) is 5.75 Å². The molecule has 0 heterocycles. The second-order valence-electron chi connectivity index (χ2n) is 9.78. The van der Waals surface area contributed by atoms with Crippen LogP contribution in [0.25, 0.3) is 11.1 Å². The number of fused-ring (bicyclic) bond motifs is 1. The molecule has 1 aliphatic rings. The van der Waals surface area contributed by atoms with Gasteiger partial charge in [-0.25, -0.2) is 0 Å². The van der Waals surface area contributed by atoms with Crippen molar-refractivity contribution in [3.8, 4) is 22.9 Å². The summed E-state index contributed by atoms with van der Waals surface area (Å²) >= 11 is 0. The Morgan fingerprint density at radius 2 is 1.87 bits per heavy atom. The first-order valence-corrected chi connectivity index (χ1v) is 11.5. The molecule has 0 saturated heterocycles. The normalized spacial score (nSPS) is 15.5. The Morgan fingerprint density at radius 1 is 1.10 bits per heavy atom. The van der Waals surface area contributed by atoms with Crippen LogP contribution in [0.1, 0.15) is 80.7 Å². The van der Waals surface area contributed by atoms with Crippen LogP contribution in [0.15, 0.2) is 24.3 Å². The average molecular weight is 404 g/mol. The molecule has 0 aromatic heterocycles. The van der Waals surface area contributed by atoms with Crippen LogP contribution in [0.5, 0.6) is 5.75 Å². The molecule has 0 aliphatic heterocycles. The summed E-state index contributed by atoms with van der Waals surface area (Å²) in [6.45, 7) is 11.4. The van der Waals surface area contributed by atoms with Crippen molar-refractivity contribution in [2.45, 2.75) is 79.1 Å². The maximum absolute atomic E-state index is 8.99. The van der Waals surface area contributed by atoms with Gasteiger partial charge >= 0.3 is 0 Å². The van der Waals surface area contributed by atoms with Crippen molar-refractivity contribution in [2.24, 2.45) is 11.8 Å². The largest absolute Gasteiger partial charge is 0.496 e. The van der Waals surface area contributed by atoms with Gasteiger partial charge in [-0.05, 0) is 96.2 Å². The van der Waals surface area contributed by atoms with E-state index in [0.29, 0.717) is 24.2 Å². The maximum Gasteiger partial charge on any atom is 0.125 e. The number of rotatable bonds is 8. The first kappa shape index (κ1) is 22.4. The summed E-state index contributed by atoms with van der Waals surface area (Å²) in [6.07, 6.45) is 6.05. The van der Waals surface area contributed by atoms with Crippen molar-refractivity contribution < 1.29 is 4.74 Å². The SMILES string of the molecule is COc1c(C)cc(-c2ccc(CCC#N)cc2CC(C)C)c2c1C(CC(C)C)CC2. The molecule has 0 radical (unpaired) electrons. The van der Waals surface area contributed by atoms with Gasteiger partial charge in [-0.15, -0.1) is 0 Å². The first-order chi connectivity index (χ1) is 14.3. The third kappa shape index (κ3) is 4.72. The first-order valence-electron chi connectivity index (χ1n) is 11.5. The third-order valence-electron chi connectivity index (χ3n) is 6.34. The van der Waals surface area contributed by atoms with Crippen molar-refractivity contribution in [3.63, 3.8) is 0 Å². The van der Waals surface area contributed by atoms with E-state index in [1.54, 1.807) is 0 Å². The van der Waals surface area contributed by atoms with Gasteiger partial charge in [0.05, 0.1) is 13.2 Å². The number of hydrogen-bond donors (Lipinski definition) is 0. The molecule has 0 spiro atoms. The topological polar surface area (TPSA) is 33.0 Å². The lowest BCUT2D eigenvalue weighted by molar-refractivity contribution is 0.397. The number of nitriles is 1. The van der Waals surface area contributed by atoms with E-state index < -0.39 is 0 Å². The summed E-state index contributed by atoms with van der Waals surface area (Å²) < 4.78 is 5.92. The molecule has 0 bridgehead atoms. The van der Waals surface area contributed by atoms with Gasteiger partial charge < -0.3 is 4.74 Å². The molecule has 30 heavy (non-hydrogen) atoms. The van der Waals surface area contributed by atoms with Gasteiger partial charge in [0.2, 0.25) is 0 Å². The van der Waals surface area contributed by atoms with Crippen LogP contribution in [-0.2, 0) is 19.3 Å². The van der Waals surface area contributed by atoms with Gasteiger partial charge in [0.15, 0.2) is 0 Å². The molecule has 160 valence electrons. The molecule has 2 aromatic rings. The lowest BCUT2D eigenvalue weighted by atomic mass is 9.85. The lowest BCUT2D eigenvalue weighted by Gasteiger charge is -2.22. The highest BCUT2D eigenvalue weighted by atomic mass is 16.5. The summed E-state index contributed by atoms with van der Waals surface area (Å²) in [5.41, 5.74) is 9.66. The van der Waals surface area contributed by atoms with E-state index in [4.69, 9.17) is 10.00 Å². The molecule has 2 nitrogen and oxygen atoms in total. The highest BCUT2D eigenvalue weighted by Crippen LogP contribution is 2.48. The minimum absolute atomic E-state index is 0.578. The summed E-state index contributed by atoms with van der Waals surface area (Å²) in [5.74, 6) is 2.98. The maximum atomic E-state index is 8.99. The molecule has 1 unspecified atom stereocenters. The van der Waals surface area contributed by atoms with Gasteiger partial charge in [0.25, 0.3) is 0 Å². The van der Waals surface area contributed by atoms with Crippen molar-refractivity contribution >= 4 is 0 Å². The highest BCUT2D eigenvalue weighted by molar-refractivity contribution is 5.76. The Kier molecular flexibility index (Phi) is 7.24. The average Bonchev–Trinajstić information content (AvgIpc) is 3.08. The zero-order valence-corrected chi connectivity index (χ0v) is 19.6. The Morgan fingerprint density at radius 3 is 2.50 bits per heavy atom. The van der Waals surface area contributed by atoms with Gasteiger partial charge in [0, 0.05) is 12.0 Å². The van der Waals surface area contributed by atoms with Gasteiger partial charge in [-0.2, -0.15) is 5.26 Å². The van der Waals surface area contributed by atoms with Gasteiger partial charge in [-0.3, -0.25) is 0 Å². The third-order valence-corrected chi connectivity index (χ3v) is 6.34. The fourth-order valence-electron chi connectivity index (χ4n) is 5.22. The lowest BCUT2D eigenvalue weighted by Crippen LogP contribution is -2.05. The Hall–Kier alpha value is -2.27. The monoisotopic (exact) mass is 403 g/mol. The van der Waals surface area contributed by atoms with Crippen molar-refractivity contribution in [2.75, 3.05) is 7.11 Å². The summed E-state index contributed by atoms with van der Waals surface area (Å²) in [6, 6.07) is 11.5. The number of benzene rings is 2. The van der Waals surface area contributed by atoms with Crippen LogP contribution in [-0.4, -0.2) is 7.11 Å². The summed E-state index contributed by atoms with van der Waals surface area (Å²) in [4.78, 5) is 0. The molecule has 0 fully saturated rings. The van der Waals surface area contributed by atoms with E-state index in [0.717, 1.165) is 25.0 Å². The van der Waals surface area contributed by atoms with Crippen molar-refractivity contribution in [3.05, 3.63) is 52.1 Å². The van der Waals surface area contributed by atoms with Gasteiger partial charge in [-0.1, -0.05) is 45.9 Å². The molecule has 1 aliphatic carbocycles. The Bertz CT molecular complexity index is 933. The second kappa shape index (κ2) is 9.69. The zero-order chi connectivity index (χ0) is 21.8. The van der Waals surface area contributed by atoms with E-state index in [1.165, 1.54) is 51.8 Å². The number of aryl methyl sites for hydroxylation is 2. The molecule has 0 N–H and O–H groups in total. The molecule has 1 atom stereocenters. The zero-order valence-electron chi connectivity index (χ0n) is 19.6. The fraction of sp³-hybridized carbons (Fsp3) is 0.536. The van der Waals surface area contributed by atoms with Crippen molar-refractivity contribution in [1.82, 2.24) is 0 Å². The Balaban J connectivity index is 2.15. The van der Waals surface area contributed by atoms with Crippen molar-refractivity contribution in [1.29, 1.82) is 5.26 Å². The fourth-order valence-corrected chi connectivity index (χ4v) is 5.22.